The second-order valence-electron chi connectivity index (χ2n) is 6.90. The molecular formula is C21H25N5OS2. The summed E-state index contributed by atoms with van der Waals surface area (Å²) in [6, 6.07) is 12.3. The van der Waals surface area contributed by atoms with Crippen LogP contribution in [0.4, 0.5) is 5.69 Å². The van der Waals surface area contributed by atoms with Gasteiger partial charge in [0.2, 0.25) is 0 Å². The third kappa shape index (κ3) is 4.14. The molecule has 8 heteroatoms. The summed E-state index contributed by atoms with van der Waals surface area (Å²) in [5.74, 6) is 1.84. The van der Waals surface area contributed by atoms with Gasteiger partial charge in [-0.15, -0.1) is 23.0 Å². The van der Waals surface area contributed by atoms with E-state index in [0.717, 1.165) is 53.1 Å². The molecule has 29 heavy (non-hydrogen) atoms. The van der Waals surface area contributed by atoms with Gasteiger partial charge in [-0.1, -0.05) is 24.3 Å². The van der Waals surface area contributed by atoms with E-state index in [1.165, 1.54) is 0 Å². The number of methoxy groups -OCH3 is 1. The molecule has 3 aromatic rings. The van der Waals surface area contributed by atoms with Crippen molar-refractivity contribution < 1.29 is 4.74 Å². The van der Waals surface area contributed by atoms with Crippen LogP contribution in [-0.4, -0.2) is 52.5 Å². The molecule has 152 valence electrons. The number of para-hydroxylation sites is 2. The average molecular weight is 428 g/mol. The van der Waals surface area contributed by atoms with Crippen LogP contribution >= 0.6 is 23.6 Å². The monoisotopic (exact) mass is 427 g/mol. The predicted octanol–water partition coefficient (Wildman–Crippen LogP) is 4.12. The maximum absolute atomic E-state index is 5.72. The number of hydrogen-bond acceptors (Lipinski definition) is 6. The van der Waals surface area contributed by atoms with Crippen molar-refractivity contribution in [3.8, 4) is 16.5 Å². The minimum absolute atomic E-state index is 0.660. The van der Waals surface area contributed by atoms with Gasteiger partial charge in [0, 0.05) is 32.7 Å². The molecule has 1 aliphatic rings. The van der Waals surface area contributed by atoms with E-state index in [1.807, 2.05) is 29.0 Å². The molecule has 3 heterocycles. The van der Waals surface area contributed by atoms with E-state index in [0.29, 0.717) is 13.2 Å². The summed E-state index contributed by atoms with van der Waals surface area (Å²) in [5.41, 5.74) is 1.15. The van der Waals surface area contributed by atoms with Gasteiger partial charge in [-0.2, -0.15) is 0 Å². The Kier molecular flexibility index (Phi) is 6.13. The van der Waals surface area contributed by atoms with Crippen LogP contribution in [0.15, 0.2) is 54.4 Å². The van der Waals surface area contributed by atoms with Crippen LogP contribution in [0.1, 0.15) is 0 Å². The molecule has 6 nitrogen and oxygen atoms in total. The Morgan fingerprint density at radius 3 is 2.66 bits per heavy atom. The summed E-state index contributed by atoms with van der Waals surface area (Å²) in [4.78, 5) is 5.89. The van der Waals surface area contributed by atoms with Crippen LogP contribution in [0.5, 0.6) is 5.75 Å². The van der Waals surface area contributed by atoms with Crippen LogP contribution in [0, 0.1) is 4.77 Å². The summed E-state index contributed by atoms with van der Waals surface area (Å²) < 4.78 is 10.2. The Balaban J connectivity index is 1.48. The molecule has 1 saturated heterocycles. The molecule has 4 rings (SSSR count). The number of rotatable bonds is 7. The number of thiophene rings is 1. The van der Waals surface area contributed by atoms with Gasteiger partial charge in [-0.3, -0.25) is 9.47 Å². The topological polar surface area (TPSA) is 38.5 Å². The lowest BCUT2D eigenvalue weighted by molar-refractivity contribution is 0.194. The smallest absolute Gasteiger partial charge is 0.199 e. The minimum atomic E-state index is 0.660. The molecule has 0 atom stereocenters. The molecular weight excluding hydrogens is 402 g/mol. The fourth-order valence-corrected chi connectivity index (χ4v) is 4.60. The highest BCUT2D eigenvalue weighted by Crippen LogP contribution is 2.28. The summed E-state index contributed by atoms with van der Waals surface area (Å²) in [6.45, 7) is 9.01. The number of aromatic nitrogens is 3. The van der Waals surface area contributed by atoms with E-state index in [4.69, 9.17) is 22.1 Å². The van der Waals surface area contributed by atoms with E-state index in [1.54, 1.807) is 18.4 Å². The molecule has 0 N–H and O–H groups in total. The lowest BCUT2D eigenvalue weighted by Crippen LogP contribution is -2.47. The van der Waals surface area contributed by atoms with Crippen molar-refractivity contribution in [1.82, 2.24) is 19.2 Å². The fraction of sp³-hybridized carbons (Fsp3) is 0.333. The second-order valence-corrected chi connectivity index (χ2v) is 8.21. The zero-order chi connectivity index (χ0) is 20.2. The van der Waals surface area contributed by atoms with Crippen molar-refractivity contribution in [1.29, 1.82) is 0 Å². The number of hydrogen-bond donors (Lipinski definition) is 0. The summed E-state index contributed by atoms with van der Waals surface area (Å²) in [5, 5.41) is 6.89. The van der Waals surface area contributed by atoms with Crippen molar-refractivity contribution in [3.05, 3.63) is 59.2 Å². The third-order valence-electron chi connectivity index (χ3n) is 5.11. The molecule has 0 spiro atoms. The third-order valence-corrected chi connectivity index (χ3v) is 6.41. The van der Waals surface area contributed by atoms with E-state index >= 15 is 0 Å². The maximum atomic E-state index is 5.72. The Morgan fingerprint density at radius 1 is 1.17 bits per heavy atom. The minimum Gasteiger partial charge on any atom is -0.495 e. The molecule has 1 fully saturated rings. The number of nitrogens with zero attached hydrogens (tertiary/aromatic N) is 5. The number of allylic oxidation sites excluding steroid dienone is 1. The number of anilines is 1. The molecule has 1 aromatic carbocycles. The Bertz CT molecular complexity index is 1020. The van der Waals surface area contributed by atoms with Gasteiger partial charge in [0.15, 0.2) is 10.6 Å². The molecule has 0 radical (unpaired) electrons. The van der Waals surface area contributed by atoms with Crippen molar-refractivity contribution in [2.24, 2.45) is 0 Å². The van der Waals surface area contributed by atoms with E-state index in [9.17, 15) is 0 Å². The van der Waals surface area contributed by atoms with Gasteiger partial charge in [-0.05, 0) is 35.8 Å². The summed E-state index contributed by atoms with van der Waals surface area (Å²) in [6.07, 6.45) is 1.87. The van der Waals surface area contributed by atoms with Gasteiger partial charge in [-0.25, -0.2) is 4.68 Å². The van der Waals surface area contributed by atoms with Crippen LogP contribution in [-0.2, 0) is 13.2 Å². The van der Waals surface area contributed by atoms with E-state index < -0.39 is 0 Å². The molecule has 0 unspecified atom stereocenters. The predicted molar refractivity (Wildman–Crippen MR) is 121 cm³/mol. The van der Waals surface area contributed by atoms with Crippen LogP contribution in [0.3, 0.4) is 0 Å². The summed E-state index contributed by atoms with van der Waals surface area (Å²) >= 11 is 7.40. The molecule has 0 bridgehead atoms. The van der Waals surface area contributed by atoms with Gasteiger partial charge < -0.3 is 9.64 Å². The molecule has 0 saturated carbocycles. The van der Waals surface area contributed by atoms with E-state index in [2.05, 4.69) is 44.5 Å². The van der Waals surface area contributed by atoms with Crippen LogP contribution < -0.4 is 9.64 Å². The zero-order valence-corrected chi connectivity index (χ0v) is 18.2. The maximum Gasteiger partial charge on any atom is 0.199 e. The molecule has 0 amide bonds. The Hall–Kier alpha value is -2.42. The number of ether oxygens (including phenoxy) is 1. The first-order chi connectivity index (χ1) is 14.2. The lowest BCUT2D eigenvalue weighted by atomic mass is 10.2. The van der Waals surface area contributed by atoms with Crippen molar-refractivity contribution in [2.45, 2.75) is 13.2 Å². The lowest BCUT2D eigenvalue weighted by Gasteiger charge is -2.36. The quantitative estimate of drug-likeness (QED) is 0.419. The van der Waals surface area contributed by atoms with E-state index in [-0.39, 0.29) is 0 Å². The normalized spacial score (nSPS) is 14.9. The van der Waals surface area contributed by atoms with Crippen molar-refractivity contribution in [3.63, 3.8) is 0 Å². The average Bonchev–Trinajstić information content (AvgIpc) is 3.39. The Morgan fingerprint density at radius 2 is 1.97 bits per heavy atom. The Labute approximate surface area is 180 Å². The second kappa shape index (κ2) is 8.94. The van der Waals surface area contributed by atoms with Crippen molar-refractivity contribution >= 4 is 29.2 Å². The first kappa shape index (κ1) is 19.9. The van der Waals surface area contributed by atoms with Gasteiger partial charge >= 0.3 is 0 Å². The highest BCUT2D eigenvalue weighted by Gasteiger charge is 2.21. The zero-order valence-electron chi connectivity index (χ0n) is 16.5. The standard InChI is InChI=1S/C21H25N5OS2/c1-3-10-25-20(19-9-6-15-29-19)22-26(21(25)28)16-23-11-13-24(14-12-23)17-7-4-5-8-18(17)27-2/h3-9,15H,1,10-14,16H2,2H3. The van der Waals surface area contributed by atoms with Crippen LogP contribution in [0.2, 0.25) is 0 Å². The van der Waals surface area contributed by atoms with Crippen LogP contribution in [0.25, 0.3) is 10.7 Å². The SMILES string of the molecule is C=CCn1c(-c2cccs2)nn(CN2CCN(c3ccccc3OC)CC2)c1=S. The highest BCUT2D eigenvalue weighted by molar-refractivity contribution is 7.71. The number of benzene rings is 1. The molecule has 0 aliphatic carbocycles. The largest absolute Gasteiger partial charge is 0.495 e. The number of piperazine rings is 1. The molecule has 1 aliphatic heterocycles. The highest BCUT2D eigenvalue weighted by atomic mass is 32.1. The van der Waals surface area contributed by atoms with Gasteiger partial charge in [0.05, 0.1) is 24.3 Å². The fourth-order valence-electron chi connectivity index (χ4n) is 3.63. The first-order valence-corrected chi connectivity index (χ1v) is 10.9. The summed E-state index contributed by atoms with van der Waals surface area (Å²) in [7, 11) is 1.72. The molecule has 2 aromatic heterocycles. The van der Waals surface area contributed by atoms with Gasteiger partial charge in [0.1, 0.15) is 5.75 Å². The van der Waals surface area contributed by atoms with Crippen molar-refractivity contribution in [2.75, 3.05) is 38.2 Å². The first-order valence-electron chi connectivity index (χ1n) is 9.64. The van der Waals surface area contributed by atoms with Gasteiger partial charge in [0.25, 0.3) is 0 Å².